The van der Waals surface area contributed by atoms with Gasteiger partial charge < -0.3 is 14.2 Å². The zero-order valence-electron chi connectivity index (χ0n) is 17.8. The van der Waals surface area contributed by atoms with E-state index < -0.39 is 0 Å². The molecule has 0 N–H and O–H groups in total. The second-order valence-electron chi connectivity index (χ2n) is 6.90. The highest BCUT2D eigenvalue weighted by Gasteiger charge is 2.33. The molecule has 162 valence electrons. The minimum Gasteiger partial charge on any atom is -0.497 e. The summed E-state index contributed by atoms with van der Waals surface area (Å²) in [5, 5.41) is 0. The van der Waals surface area contributed by atoms with Gasteiger partial charge in [-0.15, -0.1) is 0 Å². The summed E-state index contributed by atoms with van der Waals surface area (Å²) in [4.78, 5) is 19.8. The summed E-state index contributed by atoms with van der Waals surface area (Å²) in [5.41, 5.74) is 2.60. The molecule has 0 radical (unpaired) electrons. The predicted molar refractivity (Wildman–Crippen MR) is 129 cm³/mol. The first-order valence-electron chi connectivity index (χ1n) is 9.81. The molecule has 1 aliphatic heterocycles. The molecule has 1 heterocycles. The van der Waals surface area contributed by atoms with Crippen molar-refractivity contribution in [1.29, 1.82) is 0 Å². The number of carbonyl (C=O) groups is 1. The normalized spacial score (nSPS) is 14.5. The van der Waals surface area contributed by atoms with Crippen molar-refractivity contribution in [2.45, 2.75) is 0 Å². The zero-order chi connectivity index (χ0) is 22.7. The van der Waals surface area contributed by atoms with Crippen molar-refractivity contribution in [2.24, 2.45) is 4.99 Å². The van der Waals surface area contributed by atoms with Crippen LogP contribution in [0, 0.1) is 0 Å². The Balaban J connectivity index is 1.81. The second kappa shape index (κ2) is 9.28. The summed E-state index contributed by atoms with van der Waals surface area (Å²) in [7, 11) is 4.76. The quantitative estimate of drug-likeness (QED) is 0.437. The van der Waals surface area contributed by atoms with Crippen LogP contribution in [0.25, 0.3) is 6.08 Å². The van der Waals surface area contributed by atoms with Crippen molar-refractivity contribution in [2.75, 3.05) is 26.2 Å². The van der Waals surface area contributed by atoms with Gasteiger partial charge in [-0.2, -0.15) is 0 Å². The molecular weight excluding hydrogens is 472 g/mol. The van der Waals surface area contributed by atoms with Crippen LogP contribution in [-0.2, 0) is 4.79 Å². The number of amidine groups is 1. The molecule has 32 heavy (non-hydrogen) atoms. The van der Waals surface area contributed by atoms with Crippen molar-refractivity contribution in [3.63, 3.8) is 0 Å². The Labute approximate surface area is 194 Å². The second-order valence-corrected chi connectivity index (χ2v) is 7.75. The Morgan fingerprint density at radius 3 is 2.25 bits per heavy atom. The lowest BCUT2D eigenvalue weighted by atomic mass is 10.1. The van der Waals surface area contributed by atoms with Gasteiger partial charge in [0.25, 0.3) is 5.91 Å². The highest BCUT2D eigenvalue weighted by Crippen LogP contribution is 2.33. The molecule has 0 atom stereocenters. The van der Waals surface area contributed by atoms with Crippen LogP contribution in [-0.4, -0.2) is 33.1 Å². The third-order valence-electron chi connectivity index (χ3n) is 5.02. The van der Waals surface area contributed by atoms with E-state index >= 15 is 0 Å². The molecule has 0 unspecified atom stereocenters. The Morgan fingerprint density at radius 1 is 0.875 bits per heavy atom. The van der Waals surface area contributed by atoms with Crippen molar-refractivity contribution >= 4 is 39.4 Å². The van der Waals surface area contributed by atoms with Gasteiger partial charge in [-0.1, -0.05) is 40.2 Å². The van der Waals surface area contributed by atoms with Gasteiger partial charge in [0.1, 0.15) is 17.3 Å². The van der Waals surface area contributed by atoms with Crippen molar-refractivity contribution in [3.05, 3.63) is 88.0 Å². The SMILES string of the molecule is COc1ccc(N2C(=O)/C(=C\c3ccc(OC)c(OC)c3)N=C2c2ccccc2Br)cc1. The maximum Gasteiger partial charge on any atom is 0.282 e. The lowest BCUT2D eigenvalue weighted by molar-refractivity contribution is -0.113. The first kappa shape index (κ1) is 21.6. The lowest BCUT2D eigenvalue weighted by Crippen LogP contribution is -2.32. The summed E-state index contributed by atoms with van der Waals surface area (Å²) < 4.78 is 16.8. The number of carbonyl (C=O) groups excluding carboxylic acids is 1. The van der Waals surface area contributed by atoms with Crippen LogP contribution in [0.15, 0.2) is 81.9 Å². The van der Waals surface area contributed by atoms with Crippen LogP contribution in [0.3, 0.4) is 0 Å². The molecule has 0 saturated carbocycles. The summed E-state index contributed by atoms with van der Waals surface area (Å²) in [6, 6.07) is 20.4. The fourth-order valence-corrected chi connectivity index (χ4v) is 3.87. The fourth-order valence-electron chi connectivity index (χ4n) is 3.41. The largest absolute Gasteiger partial charge is 0.497 e. The van der Waals surface area contributed by atoms with E-state index in [0.29, 0.717) is 34.5 Å². The van der Waals surface area contributed by atoms with Crippen LogP contribution in [0.4, 0.5) is 5.69 Å². The molecule has 1 aliphatic rings. The molecule has 6 nitrogen and oxygen atoms in total. The van der Waals surface area contributed by atoms with Crippen LogP contribution in [0.5, 0.6) is 17.2 Å². The molecular formula is C25H21BrN2O4. The first-order chi connectivity index (χ1) is 15.5. The van der Waals surface area contributed by atoms with Crippen LogP contribution in [0.2, 0.25) is 0 Å². The van der Waals surface area contributed by atoms with Crippen LogP contribution >= 0.6 is 15.9 Å². The monoisotopic (exact) mass is 492 g/mol. The Bertz CT molecular complexity index is 1220. The van der Waals surface area contributed by atoms with E-state index in [-0.39, 0.29) is 5.91 Å². The smallest absolute Gasteiger partial charge is 0.282 e. The molecule has 0 aromatic heterocycles. The summed E-state index contributed by atoms with van der Waals surface area (Å²) in [5.74, 6) is 2.22. The number of anilines is 1. The zero-order valence-corrected chi connectivity index (χ0v) is 19.4. The molecule has 3 aromatic rings. The number of hydrogen-bond acceptors (Lipinski definition) is 5. The molecule has 0 saturated heterocycles. The minimum atomic E-state index is -0.226. The van der Waals surface area contributed by atoms with Crippen molar-refractivity contribution in [3.8, 4) is 17.2 Å². The molecule has 0 bridgehead atoms. The number of hydrogen-bond donors (Lipinski definition) is 0. The Morgan fingerprint density at radius 2 is 1.59 bits per heavy atom. The van der Waals surface area contributed by atoms with Gasteiger partial charge in [0.2, 0.25) is 0 Å². The van der Waals surface area contributed by atoms with E-state index in [9.17, 15) is 4.79 Å². The summed E-state index contributed by atoms with van der Waals surface area (Å²) in [6.45, 7) is 0. The van der Waals surface area contributed by atoms with E-state index in [1.165, 1.54) is 0 Å². The van der Waals surface area contributed by atoms with Gasteiger partial charge in [0, 0.05) is 10.0 Å². The van der Waals surface area contributed by atoms with E-state index in [2.05, 4.69) is 15.9 Å². The number of benzene rings is 3. The van der Waals surface area contributed by atoms with Gasteiger partial charge in [-0.3, -0.25) is 9.69 Å². The van der Waals surface area contributed by atoms with Gasteiger partial charge in [0.15, 0.2) is 11.5 Å². The number of methoxy groups -OCH3 is 3. The maximum absolute atomic E-state index is 13.5. The van der Waals surface area contributed by atoms with Gasteiger partial charge in [-0.25, -0.2) is 4.99 Å². The summed E-state index contributed by atoms with van der Waals surface area (Å²) in [6.07, 6.45) is 1.74. The number of halogens is 1. The number of ether oxygens (including phenoxy) is 3. The molecule has 0 aliphatic carbocycles. The van der Waals surface area contributed by atoms with Crippen molar-refractivity contribution < 1.29 is 19.0 Å². The summed E-state index contributed by atoms with van der Waals surface area (Å²) >= 11 is 3.58. The predicted octanol–water partition coefficient (Wildman–Crippen LogP) is 5.31. The average molecular weight is 493 g/mol. The Hall–Kier alpha value is -3.58. The highest BCUT2D eigenvalue weighted by atomic mass is 79.9. The third kappa shape index (κ3) is 4.11. The standard InChI is InChI=1S/C25H21BrN2O4/c1-30-18-11-9-17(10-12-18)28-24(19-6-4-5-7-20(19)26)27-21(25(28)29)14-16-8-13-22(31-2)23(15-16)32-3/h4-15H,1-3H3/b21-14+. The van der Waals surface area contributed by atoms with Crippen LogP contribution in [0.1, 0.15) is 11.1 Å². The number of aliphatic imine (C=N–C) groups is 1. The van der Waals surface area contributed by atoms with Gasteiger partial charge >= 0.3 is 0 Å². The van der Waals surface area contributed by atoms with E-state index in [1.54, 1.807) is 38.4 Å². The van der Waals surface area contributed by atoms with Gasteiger partial charge in [0.05, 0.1) is 27.0 Å². The number of rotatable bonds is 6. The van der Waals surface area contributed by atoms with Crippen LogP contribution < -0.4 is 19.1 Å². The van der Waals surface area contributed by atoms with Gasteiger partial charge in [-0.05, 0) is 54.1 Å². The molecule has 0 fully saturated rings. The fraction of sp³-hybridized carbons (Fsp3) is 0.120. The Kier molecular flexibility index (Phi) is 6.28. The minimum absolute atomic E-state index is 0.226. The molecule has 3 aromatic carbocycles. The third-order valence-corrected chi connectivity index (χ3v) is 5.71. The molecule has 4 rings (SSSR count). The van der Waals surface area contributed by atoms with E-state index in [1.807, 2.05) is 60.7 Å². The number of nitrogens with zero attached hydrogens (tertiary/aromatic N) is 2. The van der Waals surface area contributed by atoms with E-state index in [0.717, 1.165) is 15.6 Å². The van der Waals surface area contributed by atoms with E-state index in [4.69, 9.17) is 19.2 Å². The topological polar surface area (TPSA) is 60.4 Å². The average Bonchev–Trinajstić information content (AvgIpc) is 3.14. The maximum atomic E-state index is 13.5. The molecule has 7 heteroatoms. The van der Waals surface area contributed by atoms with Crippen molar-refractivity contribution in [1.82, 2.24) is 0 Å². The molecule has 0 spiro atoms. The highest BCUT2D eigenvalue weighted by molar-refractivity contribution is 9.10. The lowest BCUT2D eigenvalue weighted by Gasteiger charge is -2.19. The first-order valence-corrected chi connectivity index (χ1v) is 10.6. The molecule has 1 amide bonds. The number of amides is 1.